The van der Waals surface area contributed by atoms with Crippen LogP contribution in [-0.4, -0.2) is 12.4 Å². The summed E-state index contributed by atoms with van der Waals surface area (Å²) in [4.78, 5) is 10.7. The van der Waals surface area contributed by atoms with Gasteiger partial charge in [-0.05, 0) is 25.8 Å². The molecule has 0 bridgehead atoms. The highest BCUT2D eigenvalue weighted by Crippen LogP contribution is 2.29. The summed E-state index contributed by atoms with van der Waals surface area (Å²) in [6.45, 7) is 2.05. The first-order valence-electron chi connectivity index (χ1n) is 4.55. The minimum Gasteiger partial charge on any atom is -0.490 e. The summed E-state index contributed by atoms with van der Waals surface area (Å²) >= 11 is 0. The van der Waals surface area contributed by atoms with Gasteiger partial charge in [0.15, 0.2) is 0 Å². The van der Waals surface area contributed by atoms with E-state index in [1.165, 1.54) is 0 Å². The van der Waals surface area contributed by atoms with E-state index in [2.05, 4.69) is 6.92 Å². The van der Waals surface area contributed by atoms with Crippen molar-refractivity contribution >= 4 is 6.29 Å². The fourth-order valence-corrected chi connectivity index (χ4v) is 1.69. The van der Waals surface area contributed by atoms with E-state index in [4.69, 9.17) is 4.74 Å². The van der Waals surface area contributed by atoms with Crippen LogP contribution in [0.15, 0.2) is 18.2 Å². The zero-order chi connectivity index (χ0) is 9.26. The normalized spacial score (nSPS) is 20.2. The van der Waals surface area contributed by atoms with Crippen LogP contribution in [0.3, 0.4) is 0 Å². The van der Waals surface area contributed by atoms with Gasteiger partial charge in [-0.2, -0.15) is 0 Å². The quantitative estimate of drug-likeness (QED) is 0.613. The topological polar surface area (TPSA) is 26.3 Å². The Balaban J connectivity index is 2.45. The molecule has 0 radical (unpaired) electrons. The van der Waals surface area contributed by atoms with Crippen molar-refractivity contribution in [3.8, 4) is 5.75 Å². The minimum absolute atomic E-state index is 0.273. The standard InChI is InChI=1S/C11H12O2/c1-8-5-6-10-9(7-12)3-2-4-11(10)13-8/h2-4,7-8H,5-6H2,1H3. The zero-order valence-electron chi connectivity index (χ0n) is 7.62. The second-order valence-corrected chi connectivity index (χ2v) is 3.41. The monoisotopic (exact) mass is 176 g/mol. The predicted octanol–water partition coefficient (Wildman–Crippen LogP) is 2.21. The molecule has 2 nitrogen and oxygen atoms in total. The number of hydrogen-bond acceptors (Lipinski definition) is 2. The van der Waals surface area contributed by atoms with Crippen molar-refractivity contribution in [2.24, 2.45) is 0 Å². The van der Waals surface area contributed by atoms with Crippen molar-refractivity contribution in [1.82, 2.24) is 0 Å². The largest absolute Gasteiger partial charge is 0.490 e. The Bertz CT molecular complexity index is 331. The molecular formula is C11H12O2. The molecule has 0 aromatic heterocycles. The molecule has 1 unspecified atom stereocenters. The first kappa shape index (κ1) is 8.30. The van der Waals surface area contributed by atoms with Crippen LogP contribution in [0.5, 0.6) is 5.75 Å². The lowest BCUT2D eigenvalue weighted by Crippen LogP contribution is -2.19. The molecule has 0 saturated heterocycles. The summed E-state index contributed by atoms with van der Waals surface area (Å²) in [6.07, 6.45) is 3.12. The highest BCUT2D eigenvalue weighted by molar-refractivity contribution is 5.78. The second-order valence-electron chi connectivity index (χ2n) is 3.41. The fraction of sp³-hybridized carbons (Fsp3) is 0.364. The summed E-state index contributed by atoms with van der Waals surface area (Å²) in [6, 6.07) is 5.63. The SMILES string of the molecule is CC1CCc2c(C=O)cccc2O1. The molecule has 1 aliphatic rings. The highest BCUT2D eigenvalue weighted by Gasteiger charge is 2.17. The first-order chi connectivity index (χ1) is 6.31. The van der Waals surface area contributed by atoms with Gasteiger partial charge in [0.2, 0.25) is 0 Å². The van der Waals surface area contributed by atoms with Crippen molar-refractivity contribution < 1.29 is 9.53 Å². The fourth-order valence-electron chi connectivity index (χ4n) is 1.69. The molecule has 2 heteroatoms. The summed E-state index contributed by atoms with van der Waals surface area (Å²) in [5, 5.41) is 0. The predicted molar refractivity (Wildman–Crippen MR) is 50.2 cm³/mol. The number of aldehydes is 1. The van der Waals surface area contributed by atoms with Crippen LogP contribution < -0.4 is 4.74 Å². The third-order valence-electron chi connectivity index (χ3n) is 2.43. The number of carbonyl (C=O) groups excluding carboxylic acids is 1. The summed E-state index contributed by atoms with van der Waals surface area (Å²) < 4.78 is 5.62. The Morgan fingerprint density at radius 3 is 3.15 bits per heavy atom. The van der Waals surface area contributed by atoms with Gasteiger partial charge in [-0.15, -0.1) is 0 Å². The van der Waals surface area contributed by atoms with E-state index in [1.54, 1.807) is 0 Å². The lowest BCUT2D eigenvalue weighted by atomic mass is 9.98. The third-order valence-corrected chi connectivity index (χ3v) is 2.43. The maximum absolute atomic E-state index is 10.7. The number of carbonyl (C=O) groups is 1. The van der Waals surface area contributed by atoms with Gasteiger partial charge in [0, 0.05) is 11.1 Å². The van der Waals surface area contributed by atoms with Gasteiger partial charge in [-0.1, -0.05) is 12.1 Å². The van der Waals surface area contributed by atoms with E-state index in [9.17, 15) is 4.79 Å². The molecule has 1 atom stereocenters. The van der Waals surface area contributed by atoms with E-state index >= 15 is 0 Å². The Kier molecular flexibility index (Phi) is 2.05. The van der Waals surface area contributed by atoms with Gasteiger partial charge >= 0.3 is 0 Å². The molecular weight excluding hydrogens is 164 g/mol. The van der Waals surface area contributed by atoms with Gasteiger partial charge in [0.05, 0.1) is 6.10 Å². The van der Waals surface area contributed by atoms with Gasteiger partial charge in [-0.3, -0.25) is 4.79 Å². The van der Waals surface area contributed by atoms with Gasteiger partial charge in [0.25, 0.3) is 0 Å². The molecule has 2 rings (SSSR count). The number of rotatable bonds is 1. The minimum atomic E-state index is 0.273. The van der Waals surface area contributed by atoms with Crippen LogP contribution in [0.4, 0.5) is 0 Å². The average Bonchev–Trinajstić information content (AvgIpc) is 2.16. The van der Waals surface area contributed by atoms with E-state index < -0.39 is 0 Å². The molecule has 0 amide bonds. The average molecular weight is 176 g/mol. The van der Waals surface area contributed by atoms with E-state index in [0.29, 0.717) is 0 Å². The van der Waals surface area contributed by atoms with Gasteiger partial charge in [-0.25, -0.2) is 0 Å². The van der Waals surface area contributed by atoms with Crippen molar-refractivity contribution in [2.75, 3.05) is 0 Å². The van der Waals surface area contributed by atoms with Crippen LogP contribution in [0, 0.1) is 0 Å². The molecule has 13 heavy (non-hydrogen) atoms. The molecule has 1 heterocycles. The zero-order valence-corrected chi connectivity index (χ0v) is 7.62. The Labute approximate surface area is 77.5 Å². The maximum atomic E-state index is 10.7. The molecule has 0 N–H and O–H groups in total. The van der Waals surface area contributed by atoms with Crippen LogP contribution in [0.1, 0.15) is 29.3 Å². The van der Waals surface area contributed by atoms with Crippen molar-refractivity contribution in [3.63, 3.8) is 0 Å². The lowest BCUT2D eigenvalue weighted by Gasteiger charge is -2.23. The molecule has 0 spiro atoms. The van der Waals surface area contributed by atoms with Crippen LogP contribution >= 0.6 is 0 Å². The van der Waals surface area contributed by atoms with E-state index in [-0.39, 0.29) is 6.10 Å². The third kappa shape index (κ3) is 1.44. The molecule has 1 aromatic rings. The molecule has 1 aliphatic heterocycles. The number of ether oxygens (including phenoxy) is 1. The number of hydrogen-bond donors (Lipinski definition) is 0. The Morgan fingerprint density at radius 1 is 1.54 bits per heavy atom. The number of benzene rings is 1. The van der Waals surface area contributed by atoms with Crippen LogP contribution in [0.25, 0.3) is 0 Å². The van der Waals surface area contributed by atoms with Gasteiger partial charge in [0.1, 0.15) is 12.0 Å². The van der Waals surface area contributed by atoms with E-state index in [0.717, 1.165) is 36.0 Å². The van der Waals surface area contributed by atoms with Crippen molar-refractivity contribution in [2.45, 2.75) is 25.9 Å². The molecule has 0 saturated carbocycles. The van der Waals surface area contributed by atoms with Crippen molar-refractivity contribution in [3.05, 3.63) is 29.3 Å². The molecule has 0 fully saturated rings. The van der Waals surface area contributed by atoms with E-state index in [1.807, 2.05) is 18.2 Å². The smallest absolute Gasteiger partial charge is 0.150 e. The van der Waals surface area contributed by atoms with Gasteiger partial charge < -0.3 is 4.74 Å². The molecule has 0 aliphatic carbocycles. The summed E-state index contributed by atoms with van der Waals surface area (Å²) in [5.41, 5.74) is 1.83. The van der Waals surface area contributed by atoms with Crippen LogP contribution in [-0.2, 0) is 6.42 Å². The lowest BCUT2D eigenvalue weighted by molar-refractivity contribution is 0.111. The maximum Gasteiger partial charge on any atom is 0.150 e. The Hall–Kier alpha value is -1.31. The second kappa shape index (κ2) is 3.21. The summed E-state index contributed by atoms with van der Waals surface area (Å²) in [7, 11) is 0. The highest BCUT2D eigenvalue weighted by atomic mass is 16.5. The molecule has 1 aromatic carbocycles. The Morgan fingerprint density at radius 2 is 2.38 bits per heavy atom. The first-order valence-corrected chi connectivity index (χ1v) is 4.55. The molecule has 68 valence electrons. The number of fused-ring (bicyclic) bond motifs is 1. The van der Waals surface area contributed by atoms with Crippen LogP contribution in [0.2, 0.25) is 0 Å². The summed E-state index contributed by atoms with van der Waals surface area (Å²) in [5.74, 6) is 0.878. The van der Waals surface area contributed by atoms with Crippen molar-refractivity contribution in [1.29, 1.82) is 0 Å².